The van der Waals surface area contributed by atoms with Gasteiger partial charge in [0.2, 0.25) is 0 Å². The number of para-hydroxylation sites is 1. The molecule has 0 spiro atoms. The van der Waals surface area contributed by atoms with Crippen molar-refractivity contribution in [2.24, 2.45) is 5.73 Å². The van der Waals surface area contributed by atoms with Gasteiger partial charge in [-0.3, -0.25) is 10.1 Å². The Hall–Kier alpha value is -2.99. The fourth-order valence-electron chi connectivity index (χ4n) is 2.28. The van der Waals surface area contributed by atoms with Gasteiger partial charge < -0.3 is 5.73 Å². The molecule has 1 aromatic heterocycles. The third-order valence-corrected chi connectivity index (χ3v) is 3.32. The molecule has 0 aliphatic heterocycles. The molecule has 3 aromatic rings. The van der Waals surface area contributed by atoms with Gasteiger partial charge in [0, 0.05) is 24.2 Å². The lowest BCUT2D eigenvalue weighted by Gasteiger charge is -2.07. The van der Waals surface area contributed by atoms with Crippen molar-refractivity contribution in [1.82, 2.24) is 9.78 Å². The van der Waals surface area contributed by atoms with Crippen LogP contribution in [0, 0.1) is 10.1 Å². The number of nitrogens with two attached hydrogens (primary N) is 1. The number of nitro groups is 1. The number of hydrogen-bond acceptors (Lipinski definition) is 4. The largest absolute Gasteiger partial charge is 0.325 e. The van der Waals surface area contributed by atoms with Gasteiger partial charge in [-0.1, -0.05) is 30.3 Å². The van der Waals surface area contributed by atoms with E-state index in [9.17, 15) is 10.1 Å². The van der Waals surface area contributed by atoms with Gasteiger partial charge in [-0.15, -0.1) is 0 Å². The number of rotatable bonds is 4. The molecule has 6 heteroatoms. The van der Waals surface area contributed by atoms with Gasteiger partial charge in [0.1, 0.15) is 0 Å². The first kappa shape index (κ1) is 14.0. The van der Waals surface area contributed by atoms with Gasteiger partial charge in [-0.05, 0) is 18.2 Å². The molecule has 0 atom stereocenters. The molecule has 0 aliphatic rings. The van der Waals surface area contributed by atoms with Crippen LogP contribution >= 0.6 is 0 Å². The minimum absolute atomic E-state index is 0.0487. The Morgan fingerprint density at radius 1 is 1.09 bits per heavy atom. The van der Waals surface area contributed by atoms with Crippen LogP contribution in [0.4, 0.5) is 5.69 Å². The number of non-ortho nitro benzene ring substituents is 1. The lowest BCUT2D eigenvalue weighted by molar-refractivity contribution is -0.384. The molecule has 3 rings (SSSR count). The fourth-order valence-corrected chi connectivity index (χ4v) is 2.28. The van der Waals surface area contributed by atoms with Crippen LogP contribution in [0.15, 0.2) is 60.7 Å². The first-order valence-electron chi connectivity index (χ1n) is 6.78. The Morgan fingerprint density at radius 3 is 2.55 bits per heavy atom. The van der Waals surface area contributed by atoms with Crippen molar-refractivity contribution in [2.75, 3.05) is 0 Å². The topological polar surface area (TPSA) is 87.0 Å². The van der Waals surface area contributed by atoms with Crippen molar-refractivity contribution < 1.29 is 4.92 Å². The number of nitro benzene ring substituents is 1. The predicted molar refractivity (Wildman–Crippen MR) is 83.5 cm³/mol. The molecule has 0 radical (unpaired) electrons. The molecule has 22 heavy (non-hydrogen) atoms. The van der Waals surface area contributed by atoms with Crippen LogP contribution in [0.5, 0.6) is 0 Å². The lowest BCUT2D eigenvalue weighted by Crippen LogP contribution is -2.01. The summed E-state index contributed by atoms with van der Waals surface area (Å²) in [6.07, 6.45) is 0. The van der Waals surface area contributed by atoms with E-state index in [1.165, 1.54) is 12.1 Å². The summed E-state index contributed by atoms with van der Waals surface area (Å²) in [5, 5.41) is 15.4. The van der Waals surface area contributed by atoms with Crippen molar-refractivity contribution in [2.45, 2.75) is 6.54 Å². The molecule has 0 saturated heterocycles. The molecular weight excluding hydrogens is 280 g/mol. The van der Waals surface area contributed by atoms with Crippen molar-refractivity contribution in [3.63, 3.8) is 0 Å². The molecule has 0 amide bonds. The van der Waals surface area contributed by atoms with Gasteiger partial charge in [0.15, 0.2) is 0 Å². The van der Waals surface area contributed by atoms with Crippen LogP contribution < -0.4 is 5.73 Å². The average Bonchev–Trinajstić information content (AvgIpc) is 3.00. The zero-order chi connectivity index (χ0) is 15.5. The Labute approximate surface area is 127 Å². The van der Waals surface area contributed by atoms with Gasteiger partial charge in [0.25, 0.3) is 5.69 Å². The summed E-state index contributed by atoms with van der Waals surface area (Å²) >= 11 is 0. The summed E-state index contributed by atoms with van der Waals surface area (Å²) in [4.78, 5) is 10.6. The molecule has 2 N–H and O–H groups in total. The van der Waals surface area contributed by atoms with E-state index in [0.717, 1.165) is 22.6 Å². The molecule has 0 unspecified atom stereocenters. The number of aromatic nitrogens is 2. The Morgan fingerprint density at radius 2 is 1.86 bits per heavy atom. The van der Waals surface area contributed by atoms with Crippen LogP contribution in [0.2, 0.25) is 0 Å². The summed E-state index contributed by atoms with van der Waals surface area (Å²) in [6, 6.07) is 17.9. The quantitative estimate of drug-likeness (QED) is 0.592. The third-order valence-electron chi connectivity index (χ3n) is 3.32. The van der Waals surface area contributed by atoms with Crippen molar-refractivity contribution in [3.8, 4) is 16.9 Å². The van der Waals surface area contributed by atoms with E-state index in [1.54, 1.807) is 10.7 Å². The smallest absolute Gasteiger partial charge is 0.270 e. The van der Waals surface area contributed by atoms with Crippen LogP contribution in [0.3, 0.4) is 0 Å². The normalized spacial score (nSPS) is 10.6. The lowest BCUT2D eigenvalue weighted by atomic mass is 10.1. The number of benzene rings is 2. The minimum atomic E-state index is -0.406. The van der Waals surface area contributed by atoms with Crippen molar-refractivity contribution in [1.29, 1.82) is 0 Å². The Kier molecular flexibility index (Phi) is 3.67. The molecule has 2 aromatic carbocycles. The van der Waals surface area contributed by atoms with Gasteiger partial charge in [-0.25, -0.2) is 4.68 Å². The zero-order valence-corrected chi connectivity index (χ0v) is 11.7. The highest BCUT2D eigenvalue weighted by Gasteiger charge is 2.14. The maximum Gasteiger partial charge on any atom is 0.270 e. The second-order valence-corrected chi connectivity index (χ2v) is 4.78. The van der Waals surface area contributed by atoms with Gasteiger partial charge in [-0.2, -0.15) is 5.10 Å². The van der Waals surface area contributed by atoms with Crippen LogP contribution in [0.1, 0.15) is 5.69 Å². The van der Waals surface area contributed by atoms with Crippen molar-refractivity contribution in [3.05, 3.63) is 76.5 Å². The van der Waals surface area contributed by atoms with E-state index in [0.29, 0.717) is 6.54 Å². The monoisotopic (exact) mass is 294 g/mol. The average molecular weight is 294 g/mol. The van der Waals surface area contributed by atoms with Crippen molar-refractivity contribution >= 4 is 5.69 Å². The van der Waals surface area contributed by atoms with Gasteiger partial charge >= 0.3 is 0 Å². The Balaban J connectivity index is 2.16. The Bertz CT molecular complexity index is 812. The van der Waals surface area contributed by atoms with Crippen LogP contribution in [-0.2, 0) is 6.54 Å². The summed E-state index contributed by atoms with van der Waals surface area (Å²) in [7, 11) is 0. The summed E-state index contributed by atoms with van der Waals surface area (Å²) in [6.45, 7) is 0.307. The highest BCUT2D eigenvalue weighted by molar-refractivity contribution is 5.65. The first-order valence-corrected chi connectivity index (χ1v) is 6.78. The van der Waals surface area contributed by atoms with E-state index in [1.807, 2.05) is 42.5 Å². The highest BCUT2D eigenvalue weighted by atomic mass is 16.6. The molecule has 110 valence electrons. The van der Waals surface area contributed by atoms with E-state index >= 15 is 0 Å². The van der Waals surface area contributed by atoms with E-state index in [2.05, 4.69) is 5.10 Å². The minimum Gasteiger partial charge on any atom is -0.325 e. The molecule has 0 bridgehead atoms. The maximum absolute atomic E-state index is 11.0. The fraction of sp³-hybridized carbons (Fsp3) is 0.0625. The molecular formula is C16H14N4O2. The van der Waals surface area contributed by atoms with Crippen LogP contribution in [-0.4, -0.2) is 14.7 Å². The van der Waals surface area contributed by atoms with Gasteiger partial charge in [0.05, 0.1) is 22.0 Å². The molecule has 0 saturated carbocycles. The zero-order valence-electron chi connectivity index (χ0n) is 11.7. The van der Waals surface area contributed by atoms with E-state index in [4.69, 9.17) is 5.73 Å². The van der Waals surface area contributed by atoms with Crippen LogP contribution in [0.25, 0.3) is 16.9 Å². The SMILES string of the molecule is NCc1cc(-c2cccc([N+](=O)[O-])c2)n(-c2ccccc2)n1. The third kappa shape index (κ3) is 2.59. The first-order chi connectivity index (χ1) is 10.7. The second kappa shape index (κ2) is 5.79. The molecule has 6 nitrogen and oxygen atoms in total. The number of hydrogen-bond donors (Lipinski definition) is 1. The molecule has 0 fully saturated rings. The summed E-state index contributed by atoms with van der Waals surface area (Å²) < 4.78 is 1.75. The maximum atomic E-state index is 11.0. The molecule has 0 aliphatic carbocycles. The highest BCUT2D eigenvalue weighted by Crippen LogP contribution is 2.27. The summed E-state index contributed by atoms with van der Waals surface area (Å²) in [5.41, 5.74) is 8.84. The number of nitrogens with zero attached hydrogens (tertiary/aromatic N) is 3. The second-order valence-electron chi connectivity index (χ2n) is 4.78. The standard InChI is InChI=1S/C16H14N4O2/c17-11-13-10-16(12-5-4-8-15(9-12)20(21)22)19(18-13)14-6-2-1-3-7-14/h1-10H,11,17H2. The molecule has 1 heterocycles. The van der Waals surface area contributed by atoms with E-state index < -0.39 is 4.92 Å². The predicted octanol–water partition coefficient (Wildman–Crippen LogP) is 2.91. The van der Waals surface area contributed by atoms with E-state index in [-0.39, 0.29) is 5.69 Å². The summed E-state index contributed by atoms with van der Waals surface area (Å²) in [5.74, 6) is 0.